The number of benzene rings is 1. The van der Waals surface area contributed by atoms with Gasteiger partial charge < -0.3 is 0 Å². The van der Waals surface area contributed by atoms with Crippen LogP contribution in [-0.4, -0.2) is 11.1 Å². The Hall–Kier alpha value is -0.880. The normalized spacial score (nSPS) is 16.5. The highest BCUT2D eigenvalue weighted by Gasteiger charge is 2.41. The molecule has 1 rings (SSSR count). The summed E-state index contributed by atoms with van der Waals surface area (Å²) in [6, 6.07) is 7.76. The quantitative estimate of drug-likeness (QED) is 0.357. The van der Waals surface area contributed by atoms with E-state index in [-0.39, 0.29) is 11.3 Å². The molecule has 0 saturated carbocycles. The lowest BCUT2D eigenvalue weighted by atomic mass is 10.0. The number of hydrogen-bond donors (Lipinski definition) is 0. The molecule has 1 aromatic carbocycles. The van der Waals surface area contributed by atoms with Gasteiger partial charge in [-0.2, -0.15) is 0 Å². The first kappa shape index (κ1) is 12.2. The largest absolute Gasteiger partial charge is 0.203 e. The van der Waals surface area contributed by atoms with Crippen molar-refractivity contribution >= 4 is 21.6 Å². The van der Waals surface area contributed by atoms with Gasteiger partial charge in [0.05, 0.1) is 5.71 Å². The summed E-state index contributed by atoms with van der Waals surface area (Å²) >= 11 is 2.79. The average Bonchev–Trinajstić information content (AvgIpc) is 2.27. The van der Waals surface area contributed by atoms with E-state index < -0.39 is 9.79 Å². The lowest BCUT2D eigenvalue weighted by Gasteiger charge is -2.26. The molecule has 0 bridgehead atoms. The van der Waals surface area contributed by atoms with E-state index in [1.165, 1.54) is 19.1 Å². The molecule has 0 amide bonds. The Kier molecular flexibility index (Phi) is 3.87. The molecule has 0 heterocycles. The van der Waals surface area contributed by atoms with Gasteiger partial charge in [0.2, 0.25) is 4.45 Å². The molecule has 0 aliphatic heterocycles. The third-order valence-corrected chi connectivity index (χ3v) is 3.30. The van der Waals surface area contributed by atoms with Gasteiger partial charge in [0.25, 0.3) is 0 Å². The van der Waals surface area contributed by atoms with Gasteiger partial charge >= 0.3 is 0 Å². The van der Waals surface area contributed by atoms with Crippen molar-refractivity contribution in [1.29, 1.82) is 0 Å². The van der Waals surface area contributed by atoms with Crippen LogP contribution >= 0.6 is 15.9 Å². The van der Waals surface area contributed by atoms with Gasteiger partial charge in [0, 0.05) is 5.34 Å². The van der Waals surface area contributed by atoms with E-state index in [1.807, 2.05) is 0 Å². The Labute approximate surface area is 93.4 Å². The van der Waals surface area contributed by atoms with Crippen molar-refractivity contribution in [2.75, 3.05) is 0 Å². The highest BCUT2D eigenvalue weighted by atomic mass is 79.9. The van der Waals surface area contributed by atoms with Crippen molar-refractivity contribution < 1.29 is 13.4 Å². The Bertz CT molecular complexity index is 356. The first-order chi connectivity index (χ1) is 7.03. The summed E-state index contributed by atoms with van der Waals surface area (Å²) < 4.78 is 35.6. The fourth-order valence-corrected chi connectivity index (χ4v) is 1.48. The van der Waals surface area contributed by atoms with Gasteiger partial charge in [-0.3, -0.25) is 0 Å². The van der Waals surface area contributed by atoms with Crippen molar-refractivity contribution in [2.24, 2.45) is 5.21 Å². The van der Waals surface area contributed by atoms with Crippen molar-refractivity contribution in [3.8, 4) is 0 Å². The highest BCUT2D eigenvalue weighted by molar-refractivity contribution is 9.10. The summed E-state index contributed by atoms with van der Waals surface area (Å²) in [6.45, 7) is 1.17. The minimum atomic E-state index is -2.01. The van der Waals surface area contributed by atoms with Gasteiger partial charge in [0.15, 0.2) is 0 Å². The molecule has 0 N–H and O–H groups in total. The van der Waals surface area contributed by atoms with Crippen LogP contribution in [0.1, 0.15) is 12.5 Å². The van der Waals surface area contributed by atoms with E-state index in [4.69, 9.17) is 0 Å². The van der Waals surface area contributed by atoms with Crippen LogP contribution in [0.4, 0.5) is 13.4 Å². The highest BCUT2D eigenvalue weighted by Crippen LogP contribution is 2.37. The standard InChI is InChI=1S/C9H8BrF3N2/c1-7(14-11)9(10,15(12)13)8-5-3-2-4-6-8/h2-6H,1H3. The predicted molar refractivity (Wildman–Crippen MR) is 55.3 cm³/mol. The topological polar surface area (TPSA) is 15.6 Å². The number of halogens is 4. The fourth-order valence-electron chi connectivity index (χ4n) is 1.14. The Morgan fingerprint density at radius 3 is 2.27 bits per heavy atom. The average molecular weight is 281 g/mol. The summed E-state index contributed by atoms with van der Waals surface area (Å²) in [5.41, 5.74) is -0.174. The third kappa shape index (κ3) is 2.21. The maximum absolute atomic E-state index is 12.7. The molecule has 1 aromatic rings. The summed E-state index contributed by atoms with van der Waals surface area (Å²) in [4.78, 5) is 0. The molecule has 0 saturated heterocycles. The maximum atomic E-state index is 12.7. The van der Waals surface area contributed by atoms with E-state index in [1.54, 1.807) is 18.2 Å². The summed E-state index contributed by atoms with van der Waals surface area (Å²) in [7, 11) is 0. The molecule has 2 nitrogen and oxygen atoms in total. The first-order valence-corrected chi connectivity index (χ1v) is 4.85. The van der Waals surface area contributed by atoms with Crippen molar-refractivity contribution in [3.05, 3.63) is 35.9 Å². The fraction of sp³-hybridized carbons (Fsp3) is 0.222. The number of hydrogen-bond acceptors (Lipinski definition) is 2. The zero-order valence-corrected chi connectivity index (χ0v) is 9.38. The van der Waals surface area contributed by atoms with E-state index in [2.05, 4.69) is 21.1 Å². The monoisotopic (exact) mass is 280 g/mol. The smallest absolute Gasteiger partial charge is 0.0992 e. The molecule has 0 fully saturated rings. The minimum absolute atomic E-state index is 0.203. The van der Waals surface area contributed by atoms with Crippen LogP contribution in [-0.2, 0) is 4.45 Å². The minimum Gasteiger partial charge on any atom is -0.0992 e. The molecule has 0 spiro atoms. The first-order valence-electron chi connectivity index (χ1n) is 4.05. The Morgan fingerprint density at radius 1 is 1.33 bits per heavy atom. The second-order valence-corrected chi connectivity index (χ2v) is 4.04. The molecule has 1 atom stereocenters. The number of rotatable bonds is 3. The van der Waals surface area contributed by atoms with Crippen LogP contribution < -0.4 is 0 Å². The molecule has 82 valence electrons. The lowest BCUT2D eigenvalue weighted by molar-refractivity contribution is -0.181. The second-order valence-electron chi connectivity index (χ2n) is 2.89. The van der Waals surface area contributed by atoms with Gasteiger partial charge in [-0.1, -0.05) is 49.0 Å². The molecule has 0 aliphatic carbocycles. The van der Waals surface area contributed by atoms with E-state index >= 15 is 0 Å². The van der Waals surface area contributed by atoms with Gasteiger partial charge in [0.1, 0.15) is 0 Å². The van der Waals surface area contributed by atoms with Crippen LogP contribution in [0.15, 0.2) is 35.5 Å². The SMILES string of the molecule is CC(=NF)C(Br)(c1ccccc1)N(F)F. The number of alkyl halides is 1. The third-order valence-electron chi connectivity index (χ3n) is 2.00. The van der Waals surface area contributed by atoms with Crippen LogP contribution in [0.3, 0.4) is 0 Å². The van der Waals surface area contributed by atoms with E-state index in [9.17, 15) is 13.4 Å². The molecule has 0 aromatic heterocycles. The maximum Gasteiger partial charge on any atom is 0.203 e. The zero-order chi connectivity index (χ0) is 11.5. The Balaban J connectivity index is 3.25. The molecule has 0 aliphatic rings. The number of nitrogens with zero attached hydrogens (tertiary/aromatic N) is 2. The zero-order valence-electron chi connectivity index (χ0n) is 7.79. The lowest BCUT2D eigenvalue weighted by Crippen LogP contribution is -2.37. The van der Waals surface area contributed by atoms with Gasteiger partial charge in [-0.25, -0.2) is 0 Å². The molecule has 15 heavy (non-hydrogen) atoms. The predicted octanol–water partition coefficient (Wildman–Crippen LogP) is 3.65. The second kappa shape index (κ2) is 4.76. The Morgan fingerprint density at radius 2 is 1.87 bits per heavy atom. The molecule has 1 unspecified atom stereocenters. The summed E-state index contributed by atoms with van der Waals surface area (Å²) in [5.74, 6) is 0. The van der Waals surface area contributed by atoms with Crippen LogP contribution in [0, 0.1) is 0 Å². The summed E-state index contributed by atoms with van der Waals surface area (Å²) in [6.07, 6.45) is 0. The van der Waals surface area contributed by atoms with Crippen LogP contribution in [0.5, 0.6) is 0 Å². The van der Waals surface area contributed by atoms with Crippen molar-refractivity contribution in [2.45, 2.75) is 11.4 Å². The van der Waals surface area contributed by atoms with Crippen molar-refractivity contribution in [3.63, 3.8) is 0 Å². The molecular weight excluding hydrogens is 273 g/mol. The molecule has 0 radical (unpaired) electrons. The van der Waals surface area contributed by atoms with Crippen LogP contribution in [0.25, 0.3) is 0 Å². The molecular formula is C9H8BrF3N2. The van der Waals surface area contributed by atoms with Gasteiger partial charge in [-0.05, 0) is 28.4 Å². The van der Waals surface area contributed by atoms with E-state index in [0.717, 1.165) is 0 Å². The van der Waals surface area contributed by atoms with Crippen molar-refractivity contribution in [1.82, 2.24) is 5.34 Å². The van der Waals surface area contributed by atoms with Crippen LogP contribution in [0.2, 0.25) is 0 Å². The van der Waals surface area contributed by atoms with Gasteiger partial charge in [-0.15, -0.1) is 0 Å². The van der Waals surface area contributed by atoms with E-state index in [0.29, 0.717) is 0 Å². The summed E-state index contributed by atoms with van der Waals surface area (Å²) in [5, 5.41) is 1.18. The molecule has 6 heteroatoms.